The number of hydrazine groups is 1. The van der Waals surface area contributed by atoms with E-state index in [1.807, 2.05) is 13.8 Å². The zero-order valence-corrected chi connectivity index (χ0v) is 11.3. The molecular weight excluding hydrogens is 248 g/mol. The molecule has 0 aliphatic carbocycles. The van der Waals surface area contributed by atoms with E-state index in [1.165, 1.54) is 0 Å². The third-order valence-electron chi connectivity index (χ3n) is 2.74. The Bertz CT molecular complexity index is 416. The highest BCUT2D eigenvalue weighted by Gasteiger charge is 2.19. The van der Waals surface area contributed by atoms with E-state index in [0.717, 1.165) is 26.1 Å². The molecule has 1 aliphatic rings. The number of nitrogens with two attached hydrogens (primary N) is 1. The van der Waals surface area contributed by atoms with Gasteiger partial charge < -0.3 is 14.4 Å². The van der Waals surface area contributed by atoms with Crippen LogP contribution < -0.4 is 20.9 Å². The molecule has 1 aromatic heterocycles. The van der Waals surface area contributed by atoms with Gasteiger partial charge in [0.05, 0.1) is 12.7 Å². The standard InChI is InChI=1S/C11H20N6O2/c1-3-18-11-14-9(16-12)13-10(15-11)17-5-4-6-19-8(2)7-17/h8H,3-7,12H2,1-2H3,(H,13,14,15,16). The molecule has 19 heavy (non-hydrogen) atoms. The number of rotatable bonds is 4. The number of nitrogens with zero attached hydrogens (tertiary/aromatic N) is 4. The van der Waals surface area contributed by atoms with Crippen molar-refractivity contribution in [1.82, 2.24) is 15.0 Å². The zero-order chi connectivity index (χ0) is 13.7. The van der Waals surface area contributed by atoms with E-state index in [1.54, 1.807) is 0 Å². The first-order valence-corrected chi connectivity index (χ1v) is 6.45. The normalized spacial score (nSPS) is 19.9. The first-order chi connectivity index (χ1) is 9.22. The second-order valence-electron chi connectivity index (χ2n) is 4.30. The highest BCUT2D eigenvalue weighted by Crippen LogP contribution is 2.17. The maximum Gasteiger partial charge on any atom is 0.323 e. The molecule has 0 aromatic carbocycles. The fraction of sp³-hybridized carbons (Fsp3) is 0.727. The van der Waals surface area contributed by atoms with E-state index in [2.05, 4.69) is 25.3 Å². The molecule has 0 saturated carbocycles. The number of anilines is 2. The highest BCUT2D eigenvalue weighted by atomic mass is 16.5. The van der Waals surface area contributed by atoms with Crippen LogP contribution in [0, 0.1) is 0 Å². The summed E-state index contributed by atoms with van der Waals surface area (Å²) in [6, 6.07) is 0.276. The van der Waals surface area contributed by atoms with Crippen molar-refractivity contribution in [3.63, 3.8) is 0 Å². The summed E-state index contributed by atoms with van der Waals surface area (Å²) in [4.78, 5) is 14.7. The van der Waals surface area contributed by atoms with Gasteiger partial charge in [0.15, 0.2) is 0 Å². The summed E-state index contributed by atoms with van der Waals surface area (Å²) in [5.74, 6) is 6.23. The van der Waals surface area contributed by atoms with E-state index in [4.69, 9.17) is 15.3 Å². The Kier molecular flexibility index (Phi) is 4.69. The van der Waals surface area contributed by atoms with E-state index in [-0.39, 0.29) is 12.1 Å². The molecule has 106 valence electrons. The molecule has 0 bridgehead atoms. The third kappa shape index (κ3) is 3.65. The Balaban J connectivity index is 2.23. The van der Waals surface area contributed by atoms with Crippen LogP contribution in [0.4, 0.5) is 11.9 Å². The second-order valence-corrected chi connectivity index (χ2v) is 4.30. The summed E-state index contributed by atoms with van der Waals surface area (Å²) in [6.45, 7) is 6.73. The number of ether oxygens (including phenoxy) is 2. The van der Waals surface area contributed by atoms with Gasteiger partial charge in [0, 0.05) is 19.7 Å². The average Bonchev–Trinajstić information content (AvgIpc) is 2.63. The lowest BCUT2D eigenvalue weighted by Gasteiger charge is -2.22. The van der Waals surface area contributed by atoms with Gasteiger partial charge in [0.25, 0.3) is 0 Å². The highest BCUT2D eigenvalue weighted by molar-refractivity contribution is 5.38. The molecule has 1 atom stereocenters. The van der Waals surface area contributed by atoms with E-state index >= 15 is 0 Å². The predicted molar refractivity (Wildman–Crippen MR) is 71.1 cm³/mol. The lowest BCUT2D eigenvalue weighted by Crippen LogP contribution is -2.32. The Labute approximate surface area is 112 Å². The summed E-state index contributed by atoms with van der Waals surface area (Å²) in [5, 5.41) is 0. The first-order valence-electron chi connectivity index (χ1n) is 6.45. The van der Waals surface area contributed by atoms with Crippen LogP contribution in [0.1, 0.15) is 20.3 Å². The monoisotopic (exact) mass is 268 g/mol. The van der Waals surface area contributed by atoms with Crippen LogP contribution in [0.3, 0.4) is 0 Å². The second kappa shape index (κ2) is 6.48. The summed E-state index contributed by atoms with van der Waals surface area (Å²) < 4.78 is 10.9. The van der Waals surface area contributed by atoms with Crippen LogP contribution in [-0.4, -0.2) is 47.4 Å². The minimum Gasteiger partial charge on any atom is -0.464 e. The molecule has 8 nitrogen and oxygen atoms in total. The molecule has 1 aromatic rings. The smallest absolute Gasteiger partial charge is 0.323 e. The SMILES string of the molecule is CCOc1nc(NN)nc(N2CCCOC(C)C2)n1. The molecule has 0 spiro atoms. The molecule has 1 unspecified atom stereocenters. The van der Waals surface area contributed by atoms with Gasteiger partial charge >= 0.3 is 6.01 Å². The predicted octanol–water partition coefficient (Wildman–Crippen LogP) is 0.171. The van der Waals surface area contributed by atoms with Crippen molar-refractivity contribution in [2.45, 2.75) is 26.4 Å². The number of nitrogen functional groups attached to an aromatic ring is 1. The summed E-state index contributed by atoms with van der Waals surface area (Å²) >= 11 is 0. The van der Waals surface area contributed by atoms with Gasteiger partial charge in [-0.2, -0.15) is 15.0 Å². The number of hydrogen-bond donors (Lipinski definition) is 2. The zero-order valence-electron chi connectivity index (χ0n) is 11.3. The molecule has 1 saturated heterocycles. The number of hydrogen-bond acceptors (Lipinski definition) is 8. The van der Waals surface area contributed by atoms with Gasteiger partial charge in [-0.3, -0.25) is 5.43 Å². The van der Waals surface area contributed by atoms with Crippen LogP contribution in [0.25, 0.3) is 0 Å². The maximum atomic E-state index is 5.60. The van der Waals surface area contributed by atoms with Crippen molar-refractivity contribution < 1.29 is 9.47 Å². The summed E-state index contributed by atoms with van der Waals surface area (Å²) in [7, 11) is 0. The average molecular weight is 268 g/mol. The molecule has 1 aliphatic heterocycles. The van der Waals surface area contributed by atoms with Gasteiger partial charge in [-0.25, -0.2) is 5.84 Å². The maximum absolute atomic E-state index is 5.60. The fourth-order valence-electron chi connectivity index (χ4n) is 1.92. The van der Waals surface area contributed by atoms with E-state index in [9.17, 15) is 0 Å². The Morgan fingerprint density at radius 1 is 1.47 bits per heavy atom. The van der Waals surface area contributed by atoms with Crippen molar-refractivity contribution in [2.75, 3.05) is 36.6 Å². The van der Waals surface area contributed by atoms with Crippen molar-refractivity contribution >= 4 is 11.9 Å². The minimum absolute atomic E-state index is 0.143. The van der Waals surface area contributed by atoms with Crippen molar-refractivity contribution in [2.24, 2.45) is 5.84 Å². The largest absolute Gasteiger partial charge is 0.464 e. The van der Waals surface area contributed by atoms with Crippen molar-refractivity contribution in [1.29, 1.82) is 0 Å². The number of aromatic nitrogens is 3. The number of nitrogens with one attached hydrogen (secondary N) is 1. The van der Waals surface area contributed by atoms with Gasteiger partial charge in [-0.15, -0.1) is 0 Å². The Hall–Kier alpha value is -1.67. The van der Waals surface area contributed by atoms with Crippen molar-refractivity contribution in [3.8, 4) is 6.01 Å². The van der Waals surface area contributed by atoms with Gasteiger partial charge in [-0.1, -0.05) is 0 Å². The lowest BCUT2D eigenvalue weighted by atomic mass is 10.3. The first kappa shape index (κ1) is 13.8. The molecular formula is C11H20N6O2. The molecule has 1 fully saturated rings. The lowest BCUT2D eigenvalue weighted by molar-refractivity contribution is 0.0820. The molecule has 8 heteroatoms. The van der Waals surface area contributed by atoms with Gasteiger partial charge in [-0.05, 0) is 20.3 Å². The fourth-order valence-corrected chi connectivity index (χ4v) is 1.92. The van der Waals surface area contributed by atoms with E-state index < -0.39 is 0 Å². The van der Waals surface area contributed by atoms with Crippen LogP contribution >= 0.6 is 0 Å². The van der Waals surface area contributed by atoms with Gasteiger partial charge in [0.1, 0.15) is 0 Å². The van der Waals surface area contributed by atoms with Crippen molar-refractivity contribution in [3.05, 3.63) is 0 Å². The molecule has 2 heterocycles. The third-order valence-corrected chi connectivity index (χ3v) is 2.74. The topological polar surface area (TPSA) is 98.4 Å². The molecule has 3 N–H and O–H groups in total. The van der Waals surface area contributed by atoms with Crippen LogP contribution in [0.5, 0.6) is 6.01 Å². The Morgan fingerprint density at radius 3 is 3.05 bits per heavy atom. The molecule has 0 amide bonds. The quantitative estimate of drug-likeness (QED) is 0.589. The summed E-state index contributed by atoms with van der Waals surface area (Å²) in [5.41, 5.74) is 2.43. The van der Waals surface area contributed by atoms with Gasteiger partial charge in [0.2, 0.25) is 11.9 Å². The Morgan fingerprint density at radius 2 is 2.32 bits per heavy atom. The van der Waals surface area contributed by atoms with E-state index in [0.29, 0.717) is 18.5 Å². The van der Waals surface area contributed by atoms with Crippen LogP contribution in [0.15, 0.2) is 0 Å². The minimum atomic E-state index is 0.143. The van der Waals surface area contributed by atoms with Crippen LogP contribution in [-0.2, 0) is 4.74 Å². The van der Waals surface area contributed by atoms with Crippen LogP contribution in [0.2, 0.25) is 0 Å². The molecule has 0 radical (unpaired) electrons. The summed E-state index contributed by atoms with van der Waals surface area (Å²) in [6.07, 6.45) is 1.08. The molecule has 2 rings (SSSR count).